The van der Waals surface area contributed by atoms with Gasteiger partial charge in [0.05, 0.1) is 30.4 Å². The predicted molar refractivity (Wildman–Crippen MR) is 132 cm³/mol. The number of hydrogen-bond donors (Lipinski definition) is 1. The van der Waals surface area contributed by atoms with Crippen molar-refractivity contribution in [3.8, 4) is 0 Å². The van der Waals surface area contributed by atoms with Crippen molar-refractivity contribution in [3.63, 3.8) is 0 Å². The molecule has 2 heterocycles. The Morgan fingerprint density at radius 2 is 1.88 bits per heavy atom. The van der Waals surface area contributed by atoms with Gasteiger partial charge >= 0.3 is 6.09 Å². The molecule has 0 radical (unpaired) electrons. The molecule has 1 N–H and O–H groups in total. The van der Waals surface area contributed by atoms with Crippen LogP contribution in [0.15, 0.2) is 30.5 Å². The number of benzene rings is 1. The molecule has 0 atom stereocenters. The Morgan fingerprint density at radius 3 is 2.61 bits per heavy atom. The third kappa shape index (κ3) is 6.90. The number of unbranched alkanes of at least 4 members (excludes halogenated alkanes) is 1. The number of para-hydroxylation sites is 1. The van der Waals surface area contributed by atoms with Gasteiger partial charge in [-0.1, -0.05) is 45.4 Å². The number of hydrogen-bond acceptors (Lipinski definition) is 5. The van der Waals surface area contributed by atoms with Crippen molar-refractivity contribution in [1.82, 2.24) is 19.9 Å². The third-order valence-corrected chi connectivity index (χ3v) is 5.31. The molecule has 0 bridgehead atoms. The highest BCUT2D eigenvalue weighted by Gasteiger charge is 2.24. The van der Waals surface area contributed by atoms with Gasteiger partial charge in [-0.05, 0) is 33.3 Å². The fourth-order valence-electron chi connectivity index (χ4n) is 3.87. The standard InChI is InChI=1S/C26H38N4O3/c1-7-8-13-22-29-21-16-28-20-12-10-9-11-19(20)23(21)30(22)17-26(5,6)18-32-15-14-27-24(31)33-25(2,3)4/h9-12,16H,7-8,13-15,17-18H2,1-6H3,(H,27,31). The van der Waals surface area contributed by atoms with Crippen LogP contribution in [0.4, 0.5) is 4.79 Å². The van der Waals surface area contributed by atoms with E-state index in [9.17, 15) is 4.79 Å². The van der Waals surface area contributed by atoms with E-state index in [1.165, 1.54) is 0 Å². The summed E-state index contributed by atoms with van der Waals surface area (Å²) in [6.45, 7) is 14.3. The number of aromatic nitrogens is 3. The average molecular weight is 455 g/mol. The molecule has 0 aliphatic heterocycles. The number of carbonyl (C=O) groups excluding carboxylic acids is 1. The van der Waals surface area contributed by atoms with Crippen LogP contribution >= 0.6 is 0 Å². The Hall–Kier alpha value is -2.67. The van der Waals surface area contributed by atoms with Crippen LogP contribution in [0.25, 0.3) is 21.9 Å². The monoisotopic (exact) mass is 454 g/mol. The van der Waals surface area contributed by atoms with Crippen molar-refractivity contribution in [2.24, 2.45) is 5.41 Å². The van der Waals surface area contributed by atoms with Crippen molar-refractivity contribution in [1.29, 1.82) is 0 Å². The zero-order valence-electron chi connectivity index (χ0n) is 20.9. The van der Waals surface area contributed by atoms with E-state index in [-0.39, 0.29) is 5.41 Å². The van der Waals surface area contributed by atoms with E-state index >= 15 is 0 Å². The van der Waals surface area contributed by atoms with Crippen molar-refractivity contribution in [3.05, 3.63) is 36.3 Å². The van der Waals surface area contributed by atoms with Crippen LogP contribution in [-0.4, -0.2) is 46.0 Å². The van der Waals surface area contributed by atoms with Gasteiger partial charge in [-0.2, -0.15) is 0 Å². The lowest BCUT2D eigenvalue weighted by Gasteiger charge is -2.27. The van der Waals surface area contributed by atoms with E-state index in [0.29, 0.717) is 19.8 Å². The van der Waals surface area contributed by atoms with Gasteiger partial charge < -0.3 is 19.4 Å². The molecule has 0 aliphatic rings. The molecule has 7 heteroatoms. The number of nitrogens with zero attached hydrogens (tertiary/aromatic N) is 3. The molecule has 1 amide bonds. The Bertz CT molecular complexity index is 1080. The van der Waals surface area contributed by atoms with E-state index in [1.54, 1.807) is 0 Å². The smallest absolute Gasteiger partial charge is 0.407 e. The topological polar surface area (TPSA) is 78.3 Å². The summed E-state index contributed by atoms with van der Waals surface area (Å²) in [4.78, 5) is 21.3. The Balaban J connectivity index is 1.70. The first-order valence-electron chi connectivity index (χ1n) is 11.9. The first kappa shape index (κ1) is 25.0. The van der Waals surface area contributed by atoms with Crippen LogP contribution in [0.1, 0.15) is 60.2 Å². The Kier molecular flexibility index (Phi) is 7.95. The number of carbonyl (C=O) groups is 1. The summed E-state index contributed by atoms with van der Waals surface area (Å²) in [5.74, 6) is 1.10. The number of fused-ring (bicyclic) bond motifs is 3. The number of imidazole rings is 1. The van der Waals surface area contributed by atoms with Gasteiger partial charge in [-0.25, -0.2) is 9.78 Å². The lowest BCUT2D eigenvalue weighted by molar-refractivity contribution is 0.0406. The minimum absolute atomic E-state index is 0.120. The van der Waals surface area contributed by atoms with Gasteiger partial charge in [0, 0.05) is 30.3 Å². The molecule has 0 saturated carbocycles. The molecule has 3 rings (SSSR count). The average Bonchev–Trinajstić information content (AvgIpc) is 3.07. The van der Waals surface area contributed by atoms with E-state index in [0.717, 1.165) is 53.6 Å². The SMILES string of the molecule is CCCCc1nc2cnc3ccccc3c2n1CC(C)(C)COCCNC(=O)OC(C)(C)C. The summed E-state index contributed by atoms with van der Waals surface area (Å²) in [5.41, 5.74) is 2.44. The van der Waals surface area contributed by atoms with Gasteiger partial charge in [0.1, 0.15) is 16.9 Å². The van der Waals surface area contributed by atoms with Crippen LogP contribution in [0, 0.1) is 5.41 Å². The van der Waals surface area contributed by atoms with Crippen LogP contribution in [-0.2, 0) is 22.4 Å². The maximum absolute atomic E-state index is 11.8. The van der Waals surface area contributed by atoms with E-state index in [4.69, 9.17) is 14.5 Å². The fourth-order valence-corrected chi connectivity index (χ4v) is 3.87. The maximum atomic E-state index is 11.8. The highest BCUT2D eigenvalue weighted by Crippen LogP contribution is 2.29. The van der Waals surface area contributed by atoms with Crippen LogP contribution < -0.4 is 5.32 Å². The normalized spacial score (nSPS) is 12.4. The molecule has 180 valence electrons. The lowest BCUT2D eigenvalue weighted by atomic mass is 9.94. The molecular formula is C26H38N4O3. The summed E-state index contributed by atoms with van der Waals surface area (Å²) >= 11 is 0. The maximum Gasteiger partial charge on any atom is 0.407 e. The first-order valence-corrected chi connectivity index (χ1v) is 11.9. The molecule has 0 aliphatic carbocycles. The number of ether oxygens (including phenoxy) is 2. The van der Waals surface area contributed by atoms with Gasteiger partial charge in [0.25, 0.3) is 0 Å². The van der Waals surface area contributed by atoms with Gasteiger partial charge in [-0.15, -0.1) is 0 Å². The van der Waals surface area contributed by atoms with E-state index < -0.39 is 11.7 Å². The summed E-state index contributed by atoms with van der Waals surface area (Å²) in [6, 6.07) is 8.24. The molecule has 7 nitrogen and oxygen atoms in total. The first-order chi connectivity index (χ1) is 15.6. The molecule has 0 fully saturated rings. The molecule has 33 heavy (non-hydrogen) atoms. The fraction of sp³-hybridized carbons (Fsp3) is 0.577. The number of aryl methyl sites for hydroxylation is 1. The summed E-state index contributed by atoms with van der Waals surface area (Å²) in [7, 11) is 0. The van der Waals surface area contributed by atoms with Crippen LogP contribution in [0.5, 0.6) is 0 Å². The van der Waals surface area contributed by atoms with Crippen molar-refractivity contribution >= 4 is 28.0 Å². The van der Waals surface area contributed by atoms with Gasteiger partial charge in [0.15, 0.2) is 0 Å². The summed E-state index contributed by atoms with van der Waals surface area (Å²) in [6.07, 6.45) is 4.63. The minimum atomic E-state index is -0.504. The number of rotatable bonds is 10. The number of alkyl carbamates (subject to hydrolysis) is 1. The van der Waals surface area contributed by atoms with Gasteiger partial charge in [0.2, 0.25) is 0 Å². The molecule has 2 aromatic heterocycles. The third-order valence-electron chi connectivity index (χ3n) is 5.31. The minimum Gasteiger partial charge on any atom is -0.444 e. The molecule has 0 saturated heterocycles. The second-order valence-electron chi connectivity index (χ2n) is 10.4. The zero-order valence-corrected chi connectivity index (χ0v) is 20.9. The Labute approximate surface area is 196 Å². The van der Waals surface area contributed by atoms with Crippen LogP contribution in [0.2, 0.25) is 0 Å². The van der Waals surface area contributed by atoms with E-state index in [2.05, 4.69) is 47.8 Å². The number of pyridine rings is 1. The summed E-state index contributed by atoms with van der Waals surface area (Å²) < 4.78 is 13.5. The zero-order chi connectivity index (χ0) is 24.1. The summed E-state index contributed by atoms with van der Waals surface area (Å²) in [5, 5.41) is 3.87. The highest BCUT2D eigenvalue weighted by molar-refractivity contribution is 6.02. The number of nitrogens with one attached hydrogen (secondary N) is 1. The van der Waals surface area contributed by atoms with Crippen molar-refractivity contribution < 1.29 is 14.3 Å². The van der Waals surface area contributed by atoms with Crippen molar-refractivity contribution in [2.75, 3.05) is 19.8 Å². The van der Waals surface area contributed by atoms with Crippen molar-refractivity contribution in [2.45, 2.75) is 73.0 Å². The molecule has 3 aromatic rings. The number of amides is 1. The molecule has 0 spiro atoms. The molecule has 0 unspecified atom stereocenters. The quantitative estimate of drug-likeness (QED) is 0.410. The molecule has 1 aromatic carbocycles. The lowest BCUT2D eigenvalue weighted by Crippen LogP contribution is -2.35. The van der Waals surface area contributed by atoms with E-state index in [1.807, 2.05) is 39.1 Å². The Morgan fingerprint density at radius 1 is 1.12 bits per heavy atom. The predicted octanol–water partition coefficient (Wildman–Crippen LogP) is 5.49. The highest BCUT2D eigenvalue weighted by atomic mass is 16.6. The van der Waals surface area contributed by atoms with Crippen LogP contribution in [0.3, 0.4) is 0 Å². The van der Waals surface area contributed by atoms with Gasteiger partial charge in [-0.3, -0.25) is 4.98 Å². The molecular weight excluding hydrogens is 416 g/mol. The second-order valence-corrected chi connectivity index (χ2v) is 10.4. The second kappa shape index (κ2) is 10.5. The largest absolute Gasteiger partial charge is 0.444 e.